The number of aryl methyl sites for hydroxylation is 1. The minimum Gasteiger partial charge on any atom is -0.382 e. The van der Waals surface area contributed by atoms with Crippen molar-refractivity contribution >= 4 is 27.8 Å². The number of nitrogens with zero attached hydrogens (tertiary/aromatic N) is 4. The Labute approximate surface area is 189 Å². The van der Waals surface area contributed by atoms with E-state index < -0.39 is 23.8 Å². The number of nitrogen functional groups attached to an aromatic ring is 1. The highest BCUT2D eigenvalue weighted by molar-refractivity contribution is 5.81. The van der Waals surface area contributed by atoms with E-state index in [4.69, 9.17) is 10.5 Å². The van der Waals surface area contributed by atoms with Gasteiger partial charge in [0, 0.05) is 24.1 Å². The van der Waals surface area contributed by atoms with E-state index in [1.807, 2.05) is 31.2 Å². The first-order chi connectivity index (χ1) is 15.8. The van der Waals surface area contributed by atoms with E-state index in [2.05, 4.69) is 15.0 Å². The Balaban J connectivity index is 1.43. The van der Waals surface area contributed by atoms with Gasteiger partial charge in [0.2, 0.25) is 0 Å². The van der Waals surface area contributed by atoms with Crippen molar-refractivity contribution in [3.8, 4) is 0 Å². The molecule has 3 aromatic heterocycles. The average Bonchev–Trinajstić information content (AvgIpc) is 3.37. The average molecular weight is 452 g/mol. The summed E-state index contributed by atoms with van der Waals surface area (Å²) in [6, 6.07) is 8.81. The molecule has 0 saturated heterocycles. The molecule has 9 heteroatoms. The van der Waals surface area contributed by atoms with Gasteiger partial charge in [-0.3, -0.25) is 0 Å². The van der Waals surface area contributed by atoms with Gasteiger partial charge in [0.25, 0.3) is 0 Å². The van der Waals surface area contributed by atoms with E-state index in [0.717, 1.165) is 16.6 Å². The van der Waals surface area contributed by atoms with Crippen molar-refractivity contribution in [3.63, 3.8) is 0 Å². The van der Waals surface area contributed by atoms with E-state index in [-0.39, 0.29) is 11.7 Å². The first kappa shape index (κ1) is 21.7. The normalized spacial score (nSPS) is 24.0. The van der Waals surface area contributed by atoms with Crippen LogP contribution in [0.25, 0.3) is 21.9 Å². The number of aromatic nitrogens is 4. The minimum absolute atomic E-state index is 0.0388. The number of aliphatic hydroxyl groups excluding tert-OH is 1. The number of benzene rings is 1. The fraction of sp³-hybridized carbons (Fsp3) is 0.375. The molecular weight excluding hydrogens is 425 g/mol. The maximum atomic E-state index is 13.7. The van der Waals surface area contributed by atoms with Gasteiger partial charge in [-0.15, -0.1) is 0 Å². The summed E-state index contributed by atoms with van der Waals surface area (Å²) >= 11 is 0. The van der Waals surface area contributed by atoms with Crippen LogP contribution in [-0.2, 0) is 11.2 Å². The van der Waals surface area contributed by atoms with Gasteiger partial charge < -0.3 is 25.3 Å². The SMILES string of the molecule is CO[C@@H]1[C@H](Cc2ccc3cc(F)c(N)nc3c2)CC[C@]1(O)[C@@H](O)n1ccc2c(C)ncnc21. The second-order valence-corrected chi connectivity index (χ2v) is 8.83. The standard InChI is InChI=1S/C24H26FN5O3/c1-13-17-6-8-30(22(17)28-12-27-13)23(31)24(32)7-5-16(20(24)33-2)9-14-3-4-15-11-18(25)21(26)29-19(15)10-14/h3-4,6,8,10-12,16,20,23,31-32H,5,7,9H2,1-2H3,(H2,26,29)/t16-,20+,23+,24+/m0/s1. The summed E-state index contributed by atoms with van der Waals surface area (Å²) in [4.78, 5) is 12.6. The Morgan fingerprint density at radius 3 is 2.91 bits per heavy atom. The second-order valence-electron chi connectivity index (χ2n) is 8.83. The summed E-state index contributed by atoms with van der Waals surface area (Å²) < 4.78 is 21.0. The van der Waals surface area contributed by atoms with Crippen LogP contribution in [0.4, 0.5) is 10.2 Å². The molecule has 33 heavy (non-hydrogen) atoms. The molecular formula is C24H26FN5O3. The van der Waals surface area contributed by atoms with Crippen LogP contribution in [-0.4, -0.2) is 48.5 Å². The lowest BCUT2D eigenvalue weighted by molar-refractivity contribution is -0.174. The lowest BCUT2D eigenvalue weighted by atomic mass is 9.90. The summed E-state index contributed by atoms with van der Waals surface area (Å²) in [7, 11) is 1.55. The van der Waals surface area contributed by atoms with Crippen molar-refractivity contribution < 1.29 is 19.3 Å². The summed E-state index contributed by atoms with van der Waals surface area (Å²) in [5, 5.41) is 24.3. The quantitative estimate of drug-likeness (QED) is 0.427. The molecule has 1 fully saturated rings. The lowest BCUT2D eigenvalue weighted by Gasteiger charge is -2.36. The van der Waals surface area contributed by atoms with Crippen molar-refractivity contribution in [2.75, 3.05) is 12.8 Å². The zero-order chi connectivity index (χ0) is 23.3. The molecule has 1 aliphatic carbocycles. The topological polar surface area (TPSA) is 119 Å². The Kier molecular flexibility index (Phi) is 5.27. The Morgan fingerprint density at radius 2 is 2.12 bits per heavy atom. The van der Waals surface area contributed by atoms with Gasteiger partial charge in [-0.2, -0.15) is 0 Å². The first-order valence-corrected chi connectivity index (χ1v) is 10.9. The Hall–Kier alpha value is -3.14. The molecule has 0 aliphatic heterocycles. The molecule has 3 heterocycles. The molecule has 4 aromatic rings. The molecule has 0 radical (unpaired) electrons. The predicted octanol–water partition coefficient (Wildman–Crippen LogP) is 2.90. The molecule has 0 spiro atoms. The zero-order valence-corrected chi connectivity index (χ0v) is 18.4. The fourth-order valence-corrected chi connectivity index (χ4v) is 5.17. The third-order valence-corrected chi connectivity index (χ3v) is 6.87. The van der Waals surface area contributed by atoms with Crippen LogP contribution >= 0.6 is 0 Å². The van der Waals surface area contributed by atoms with Crippen molar-refractivity contribution in [1.82, 2.24) is 19.5 Å². The number of halogens is 1. The van der Waals surface area contributed by atoms with Crippen LogP contribution in [0.2, 0.25) is 0 Å². The Bertz CT molecular complexity index is 1340. The van der Waals surface area contributed by atoms with Crippen LogP contribution in [0.15, 0.2) is 42.9 Å². The molecule has 1 saturated carbocycles. The van der Waals surface area contributed by atoms with Crippen molar-refractivity contribution in [3.05, 3.63) is 59.9 Å². The van der Waals surface area contributed by atoms with E-state index >= 15 is 0 Å². The third kappa shape index (κ3) is 3.52. The molecule has 8 nitrogen and oxygen atoms in total. The van der Waals surface area contributed by atoms with Crippen LogP contribution in [0.3, 0.4) is 0 Å². The van der Waals surface area contributed by atoms with Crippen LogP contribution in [0.5, 0.6) is 0 Å². The zero-order valence-electron chi connectivity index (χ0n) is 18.4. The number of nitrogens with two attached hydrogens (primary N) is 1. The summed E-state index contributed by atoms with van der Waals surface area (Å²) in [6.45, 7) is 1.87. The fourth-order valence-electron chi connectivity index (χ4n) is 5.17. The maximum absolute atomic E-state index is 13.7. The number of pyridine rings is 1. The molecule has 172 valence electrons. The molecule has 1 aromatic carbocycles. The number of ether oxygens (including phenoxy) is 1. The molecule has 4 N–H and O–H groups in total. The van der Waals surface area contributed by atoms with E-state index in [1.54, 1.807) is 17.9 Å². The lowest BCUT2D eigenvalue weighted by Crippen LogP contribution is -2.48. The third-order valence-electron chi connectivity index (χ3n) is 6.87. The molecule has 1 aliphatic rings. The molecule has 0 unspecified atom stereocenters. The van der Waals surface area contributed by atoms with Crippen LogP contribution in [0.1, 0.15) is 30.3 Å². The molecule has 0 bridgehead atoms. The molecule has 5 rings (SSSR count). The van der Waals surface area contributed by atoms with E-state index in [1.165, 1.54) is 12.4 Å². The van der Waals surface area contributed by atoms with Gasteiger partial charge in [-0.05, 0) is 55.9 Å². The number of methoxy groups -OCH3 is 1. The van der Waals surface area contributed by atoms with Crippen molar-refractivity contribution in [2.45, 2.75) is 44.1 Å². The van der Waals surface area contributed by atoms with Gasteiger partial charge in [0.15, 0.2) is 17.9 Å². The smallest absolute Gasteiger partial charge is 0.165 e. The number of aliphatic hydroxyl groups is 2. The highest BCUT2D eigenvalue weighted by Gasteiger charge is 2.53. The van der Waals surface area contributed by atoms with Crippen LogP contribution in [0, 0.1) is 18.7 Å². The summed E-state index contributed by atoms with van der Waals surface area (Å²) in [6.07, 6.45) is 2.96. The monoisotopic (exact) mass is 451 g/mol. The van der Waals surface area contributed by atoms with E-state index in [0.29, 0.717) is 35.8 Å². The summed E-state index contributed by atoms with van der Waals surface area (Å²) in [5.41, 5.74) is 7.09. The number of hydrogen-bond donors (Lipinski definition) is 3. The number of fused-ring (bicyclic) bond motifs is 2. The maximum Gasteiger partial charge on any atom is 0.165 e. The van der Waals surface area contributed by atoms with Gasteiger partial charge in [-0.25, -0.2) is 19.3 Å². The van der Waals surface area contributed by atoms with Gasteiger partial charge >= 0.3 is 0 Å². The van der Waals surface area contributed by atoms with Gasteiger partial charge in [-0.1, -0.05) is 12.1 Å². The number of rotatable bonds is 5. The largest absolute Gasteiger partial charge is 0.382 e. The second kappa shape index (κ2) is 8.02. The molecule has 4 atom stereocenters. The predicted molar refractivity (Wildman–Crippen MR) is 122 cm³/mol. The highest BCUT2D eigenvalue weighted by atomic mass is 19.1. The van der Waals surface area contributed by atoms with Gasteiger partial charge in [0.1, 0.15) is 17.6 Å². The molecule has 0 amide bonds. The van der Waals surface area contributed by atoms with Crippen molar-refractivity contribution in [1.29, 1.82) is 0 Å². The highest BCUT2D eigenvalue weighted by Crippen LogP contribution is 2.45. The first-order valence-electron chi connectivity index (χ1n) is 10.9. The number of anilines is 1. The van der Waals surface area contributed by atoms with Crippen LogP contribution < -0.4 is 5.73 Å². The van der Waals surface area contributed by atoms with E-state index in [9.17, 15) is 14.6 Å². The Morgan fingerprint density at radius 1 is 1.30 bits per heavy atom. The van der Waals surface area contributed by atoms with Gasteiger partial charge in [0.05, 0.1) is 17.3 Å². The van der Waals surface area contributed by atoms with Crippen molar-refractivity contribution in [2.24, 2.45) is 5.92 Å². The minimum atomic E-state index is -1.49. The summed E-state index contributed by atoms with van der Waals surface area (Å²) in [5.74, 6) is -0.712. The number of hydrogen-bond acceptors (Lipinski definition) is 7.